The lowest BCUT2D eigenvalue weighted by molar-refractivity contribution is -0.122. The Balaban J connectivity index is 1.71. The first kappa shape index (κ1) is 17.9. The highest BCUT2D eigenvalue weighted by molar-refractivity contribution is 5.88. The molecule has 1 amide bonds. The highest BCUT2D eigenvalue weighted by Gasteiger charge is 2.15. The van der Waals surface area contributed by atoms with Crippen LogP contribution in [0.5, 0.6) is 5.75 Å². The number of nitrogens with one attached hydrogen (secondary N) is 1. The molecule has 26 heavy (non-hydrogen) atoms. The van der Waals surface area contributed by atoms with Gasteiger partial charge < -0.3 is 10.1 Å². The van der Waals surface area contributed by atoms with Gasteiger partial charge in [0.2, 0.25) is 5.91 Å². The molecule has 0 aliphatic rings. The molecule has 0 radical (unpaired) electrons. The topological polar surface area (TPSA) is 38.3 Å². The van der Waals surface area contributed by atoms with E-state index in [1.165, 1.54) is 6.07 Å². The van der Waals surface area contributed by atoms with Gasteiger partial charge in [-0.3, -0.25) is 4.79 Å². The zero-order valence-electron chi connectivity index (χ0n) is 15.2. The zero-order valence-corrected chi connectivity index (χ0v) is 15.2. The molecule has 0 heterocycles. The summed E-state index contributed by atoms with van der Waals surface area (Å²) >= 11 is 0. The summed E-state index contributed by atoms with van der Waals surface area (Å²) in [4.78, 5) is 12.5. The Hall–Kier alpha value is -2.88. The van der Waals surface area contributed by atoms with Crippen LogP contribution in [-0.2, 0) is 11.3 Å². The van der Waals surface area contributed by atoms with Gasteiger partial charge in [0.15, 0.2) is 0 Å². The molecule has 1 N–H and O–H groups in total. The van der Waals surface area contributed by atoms with E-state index in [-0.39, 0.29) is 17.6 Å². The standard InChI is InChI=1S/C22H22FNO2/c1-14-4-5-16(10-21(14)23)13-24-22(25)15(2)17-6-7-19-12-20(26-3)9-8-18(19)11-17/h4-12,15H,13H2,1-3H3,(H,24,25)/t15-/m1/s1. The molecule has 3 aromatic rings. The van der Waals surface area contributed by atoms with Crippen molar-refractivity contribution in [2.75, 3.05) is 7.11 Å². The summed E-state index contributed by atoms with van der Waals surface area (Å²) in [5, 5.41) is 5.01. The Morgan fingerprint density at radius 2 is 1.81 bits per heavy atom. The van der Waals surface area contributed by atoms with Gasteiger partial charge in [0, 0.05) is 6.54 Å². The van der Waals surface area contributed by atoms with Gasteiger partial charge in [0.1, 0.15) is 11.6 Å². The first-order valence-electron chi connectivity index (χ1n) is 8.58. The Bertz CT molecular complexity index is 952. The van der Waals surface area contributed by atoms with E-state index in [0.29, 0.717) is 12.1 Å². The summed E-state index contributed by atoms with van der Waals surface area (Å²) in [5.74, 6) is 0.173. The highest BCUT2D eigenvalue weighted by atomic mass is 19.1. The predicted octanol–water partition coefficient (Wildman–Crippen LogP) is 4.72. The SMILES string of the molecule is COc1ccc2cc([C@@H](C)C(=O)NCc3ccc(C)c(F)c3)ccc2c1. The minimum atomic E-state index is -0.295. The van der Waals surface area contributed by atoms with Crippen LogP contribution in [-0.4, -0.2) is 13.0 Å². The molecule has 0 aromatic heterocycles. The summed E-state index contributed by atoms with van der Waals surface area (Å²) in [6.45, 7) is 3.90. The molecule has 3 nitrogen and oxygen atoms in total. The molecular formula is C22H22FNO2. The van der Waals surface area contributed by atoms with E-state index in [1.54, 1.807) is 20.1 Å². The fourth-order valence-corrected chi connectivity index (χ4v) is 2.88. The minimum Gasteiger partial charge on any atom is -0.497 e. The number of hydrogen-bond acceptors (Lipinski definition) is 2. The Morgan fingerprint density at radius 1 is 1.08 bits per heavy atom. The molecule has 0 saturated heterocycles. The Morgan fingerprint density at radius 3 is 2.54 bits per heavy atom. The van der Waals surface area contributed by atoms with Crippen LogP contribution >= 0.6 is 0 Å². The van der Waals surface area contributed by atoms with Crippen molar-refractivity contribution in [1.82, 2.24) is 5.32 Å². The molecule has 3 rings (SSSR count). The zero-order chi connectivity index (χ0) is 18.7. The summed E-state index contributed by atoms with van der Waals surface area (Å²) in [6, 6.07) is 16.8. The largest absolute Gasteiger partial charge is 0.497 e. The first-order valence-corrected chi connectivity index (χ1v) is 8.58. The minimum absolute atomic E-state index is 0.0844. The number of carbonyl (C=O) groups is 1. The molecule has 0 bridgehead atoms. The fraction of sp³-hybridized carbons (Fsp3) is 0.227. The second-order valence-corrected chi connectivity index (χ2v) is 6.50. The van der Waals surface area contributed by atoms with Crippen molar-refractivity contribution < 1.29 is 13.9 Å². The Labute approximate surface area is 152 Å². The molecule has 1 atom stereocenters. The van der Waals surface area contributed by atoms with Crippen molar-refractivity contribution in [3.8, 4) is 5.75 Å². The number of carbonyl (C=O) groups excluding carboxylic acids is 1. The maximum atomic E-state index is 13.6. The number of ether oxygens (including phenoxy) is 1. The molecule has 134 valence electrons. The fourth-order valence-electron chi connectivity index (χ4n) is 2.88. The summed E-state index contributed by atoms with van der Waals surface area (Å²) < 4.78 is 18.8. The summed E-state index contributed by atoms with van der Waals surface area (Å²) in [5.41, 5.74) is 2.29. The van der Waals surface area contributed by atoms with Gasteiger partial charge in [0.25, 0.3) is 0 Å². The first-order chi connectivity index (χ1) is 12.5. The number of hydrogen-bond donors (Lipinski definition) is 1. The Kier molecular flexibility index (Phi) is 5.21. The third-order valence-corrected chi connectivity index (χ3v) is 4.67. The smallest absolute Gasteiger partial charge is 0.227 e. The van der Waals surface area contributed by atoms with E-state index in [0.717, 1.165) is 27.6 Å². The molecule has 0 spiro atoms. The number of rotatable bonds is 5. The van der Waals surface area contributed by atoms with Gasteiger partial charge in [-0.25, -0.2) is 4.39 Å². The van der Waals surface area contributed by atoms with Gasteiger partial charge >= 0.3 is 0 Å². The second-order valence-electron chi connectivity index (χ2n) is 6.50. The van der Waals surface area contributed by atoms with Crippen LogP contribution in [0.3, 0.4) is 0 Å². The molecular weight excluding hydrogens is 329 g/mol. The number of benzene rings is 3. The van der Waals surface area contributed by atoms with Crippen LogP contribution in [0, 0.1) is 12.7 Å². The van der Waals surface area contributed by atoms with Gasteiger partial charge in [-0.15, -0.1) is 0 Å². The normalized spacial score (nSPS) is 12.0. The van der Waals surface area contributed by atoms with Gasteiger partial charge in [0.05, 0.1) is 13.0 Å². The highest BCUT2D eigenvalue weighted by Crippen LogP contribution is 2.25. The third kappa shape index (κ3) is 3.85. The third-order valence-electron chi connectivity index (χ3n) is 4.67. The molecule has 0 unspecified atom stereocenters. The van der Waals surface area contributed by atoms with E-state index in [9.17, 15) is 9.18 Å². The van der Waals surface area contributed by atoms with Crippen molar-refractivity contribution in [2.24, 2.45) is 0 Å². The predicted molar refractivity (Wildman–Crippen MR) is 102 cm³/mol. The number of amides is 1. The van der Waals surface area contributed by atoms with Crippen molar-refractivity contribution in [1.29, 1.82) is 0 Å². The van der Waals surface area contributed by atoms with Crippen LogP contribution in [0.25, 0.3) is 10.8 Å². The van der Waals surface area contributed by atoms with E-state index in [4.69, 9.17) is 4.74 Å². The van der Waals surface area contributed by atoms with Crippen LogP contribution in [0.2, 0.25) is 0 Å². The molecule has 4 heteroatoms. The van der Waals surface area contributed by atoms with Crippen molar-refractivity contribution in [2.45, 2.75) is 26.3 Å². The van der Waals surface area contributed by atoms with Crippen molar-refractivity contribution >= 4 is 16.7 Å². The number of methoxy groups -OCH3 is 1. The second kappa shape index (κ2) is 7.56. The average molecular weight is 351 g/mol. The molecule has 0 aliphatic carbocycles. The van der Waals surface area contributed by atoms with E-state index in [1.807, 2.05) is 49.4 Å². The van der Waals surface area contributed by atoms with Gasteiger partial charge in [-0.2, -0.15) is 0 Å². The van der Waals surface area contributed by atoms with Crippen LogP contribution < -0.4 is 10.1 Å². The van der Waals surface area contributed by atoms with Crippen LogP contribution in [0.4, 0.5) is 4.39 Å². The molecule has 3 aromatic carbocycles. The maximum absolute atomic E-state index is 13.6. The van der Waals surface area contributed by atoms with Crippen LogP contribution in [0.15, 0.2) is 54.6 Å². The van der Waals surface area contributed by atoms with E-state index >= 15 is 0 Å². The van der Waals surface area contributed by atoms with Gasteiger partial charge in [-0.05, 0) is 59.5 Å². The van der Waals surface area contributed by atoms with Crippen molar-refractivity contribution in [3.05, 3.63) is 77.1 Å². The summed E-state index contributed by atoms with van der Waals surface area (Å²) in [6.07, 6.45) is 0. The average Bonchev–Trinajstić information content (AvgIpc) is 2.67. The van der Waals surface area contributed by atoms with E-state index in [2.05, 4.69) is 5.32 Å². The number of aryl methyl sites for hydroxylation is 1. The van der Waals surface area contributed by atoms with E-state index < -0.39 is 0 Å². The molecule has 0 aliphatic heterocycles. The number of halogens is 1. The quantitative estimate of drug-likeness (QED) is 0.722. The lowest BCUT2D eigenvalue weighted by Gasteiger charge is -2.14. The molecule has 0 saturated carbocycles. The lowest BCUT2D eigenvalue weighted by atomic mass is 9.97. The monoisotopic (exact) mass is 351 g/mol. The van der Waals surface area contributed by atoms with Gasteiger partial charge in [-0.1, -0.05) is 36.4 Å². The van der Waals surface area contributed by atoms with Crippen molar-refractivity contribution in [3.63, 3.8) is 0 Å². The lowest BCUT2D eigenvalue weighted by Crippen LogP contribution is -2.27. The van der Waals surface area contributed by atoms with Crippen LogP contribution in [0.1, 0.15) is 29.5 Å². The molecule has 0 fully saturated rings. The summed E-state index contributed by atoms with van der Waals surface area (Å²) in [7, 11) is 1.64. The number of fused-ring (bicyclic) bond motifs is 1. The maximum Gasteiger partial charge on any atom is 0.227 e.